The first-order valence-electron chi connectivity index (χ1n) is 5.56. The smallest absolute Gasteiger partial charge is 0.245 e. The zero-order chi connectivity index (χ0) is 13.0. The molecule has 1 atom stereocenters. The molecule has 0 aliphatic carbocycles. The number of ether oxygens (including phenoxy) is 1. The minimum atomic E-state index is -0.180. The van der Waals surface area contributed by atoms with Crippen molar-refractivity contribution < 1.29 is 4.74 Å². The van der Waals surface area contributed by atoms with Crippen LogP contribution in [0.15, 0.2) is 42.6 Å². The first-order valence-corrected chi connectivity index (χ1v) is 5.56. The van der Waals surface area contributed by atoms with Gasteiger partial charge in [-0.05, 0) is 18.6 Å². The summed E-state index contributed by atoms with van der Waals surface area (Å²) >= 11 is 0. The maximum absolute atomic E-state index is 7.46. The summed E-state index contributed by atoms with van der Waals surface area (Å²) in [7, 11) is 0. The molecule has 0 spiro atoms. The summed E-state index contributed by atoms with van der Waals surface area (Å²) < 4.78 is 5.70. The monoisotopic (exact) mass is 242 g/mol. The molecule has 0 radical (unpaired) electrons. The summed E-state index contributed by atoms with van der Waals surface area (Å²) in [6, 6.07) is 11.4. The van der Waals surface area contributed by atoms with Gasteiger partial charge in [0.2, 0.25) is 5.88 Å². The van der Waals surface area contributed by atoms with Gasteiger partial charge in [-0.1, -0.05) is 30.3 Å². The Balaban J connectivity index is 2.22. The second-order valence-electron chi connectivity index (χ2n) is 3.83. The van der Waals surface area contributed by atoms with Gasteiger partial charge in [0.25, 0.3) is 0 Å². The molecule has 2 aromatic rings. The molecular formula is C13H14N4O. The molecule has 1 aromatic carbocycles. The maximum atomic E-state index is 7.46. The molecule has 0 amide bonds. The summed E-state index contributed by atoms with van der Waals surface area (Å²) in [6.07, 6.45) is 1.30. The number of aromatic nitrogens is 2. The third kappa shape index (κ3) is 2.63. The fourth-order valence-corrected chi connectivity index (χ4v) is 1.57. The number of benzene rings is 1. The average molecular weight is 242 g/mol. The Kier molecular flexibility index (Phi) is 3.52. The number of nitrogens with one attached hydrogen (secondary N) is 1. The number of nitrogens with zero attached hydrogens (tertiary/aromatic N) is 2. The third-order valence-corrected chi connectivity index (χ3v) is 2.53. The van der Waals surface area contributed by atoms with E-state index in [1.54, 1.807) is 6.07 Å². The standard InChI is InChI=1S/C13H14N4O/c1-9(10-5-3-2-4-6-10)18-13-11(12(14)15)7-8-16-17-13/h2-9H,1H3,(H3,14,15). The van der Waals surface area contributed by atoms with Crippen LogP contribution in [0.25, 0.3) is 0 Å². The van der Waals surface area contributed by atoms with Crippen molar-refractivity contribution in [2.75, 3.05) is 0 Å². The minimum Gasteiger partial charge on any atom is -0.468 e. The number of hydrogen-bond donors (Lipinski definition) is 2. The van der Waals surface area contributed by atoms with Gasteiger partial charge in [0, 0.05) is 0 Å². The van der Waals surface area contributed by atoms with E-state index >= 15 is 0 Å². The van der Waals surface area contributed by atoms with Gasteiger partial charge in [0.15, 0.2) is 0 Å². The van der Waals surface area contributed by atoms with Crippen molar-refractivity contribution in [2.45, 2.75) is 13.0 Å². The van der Waals surface area contributed by atoms with Gasteiger partial charge in [-0.3, -0.25) is 5.41 Å². The van der Waals surface area contributed by atoms with Crippen molar-refractivity contribution in [2.24, 2.45) is 5.73 Å². The Morgan fingerprint density at radius 3 is 2.67 bits per heavy atom. The van der Waals surface area contributed by atoms with Gasteiger partial charge in [-0.15, -0.1) is 5.10 Å². The van der Waals surface area contributed by atoms with Crippen molar-refractivity contribution in [3.8, 4) is 5.88 Å². The molecule has 2 rings (SSSR count). The normalized spacial score (nSPS) is 11.8. The van der Waals surface area contributed by atoms with E-state index in [9.17, 15) is 0 Å². The lowest BCUT2D eigenvalue weighted by atomic mass is 10.1. The lowest BCUT2D eigenvalue weighted by Gasteiger charge is -2.15. The van der Waals surface area contributed by atoms with Gasteiger partial charge in [-0.2, -0.15) is 5.10 Å². The van der Waals surface area contributed by atoms with Gasteiger partial charge in [0.1, 0.15) is 11.9 Å². The molecule has 5 heteroatoms. The number of rotatable bonds is 4. The van der Waals surface area contributed by atoms with E-state index < -0.39 is 0 Å². The van der Waals surface area contributed by atoms with Gasteiger partial charge >= 0.3 is 0 Å². The number of nitrogen functional groups attached to an aromatic ring is 1. The molecule has 0 saturated heterocycles. The molecule has 3 N–H and O–H groups in total. The molecule has 0 saturated carbocycles. The van der Waals surface area contributed by atoms with Crippen LogP contribution in [0.3, 0.4) is 0 Å². The average Bonchev–Trinajstić information content (AvgIpc) is 2.40. The quantitative estimate of drug-likeness (QED) is 0.633. The van der Waals surface area contributed by atoms with Crippen LogP contribution in [0, 0.1) is 5.41 Å². The van der Waals surface area contributed by atoms with E-state index in [2.05, 4.69) is 10.2 Å². The zero-order valence-corrected chi connectivity index (χ0v) is 10.00. The summed E-state index contributed by atoms with van der Waals surface area (Å²) in [6.45, 7) is 1.91. The van der Waals surface area contributed by atoms with Crippen LogP contribution in [0.5, 0.6) is 5.88 Å². The molecular weight excluding hydrogens is 228 g/mol. The predicted octanol–water partition coefficient (Wildman–Crippen LogP) is 1.90. The fraction of sp³-hybridized carbons (Fsp3) is 0.154. The molecule has 18 heavy (non-hydrogen) atoms. The van der Waals surface area contributed by atoms with Crippen molar-refractivity contribution in [3.05, 3.63) is 53.7 Å². The molecule has 0 fully saturated rings. The third-order valence-electron chi connectivity index (χ3n) is 2.53. The summed E-state index contributed by atoms with van der Waals surface area (Å²) in [5, 5.41) is 15.1. The van der Waals surface area contributed by atoms with Crippen LogP contribution in [-0.2, 0) is 0 Å². The van der Waals surface area contributed by atoms with Gasteiger partial charge < -0.3 is 10.5 Å². The molecule has 92 valence electrons. The van der Waals surface area contributed by atoms with Crippen molar-refractivity contribution >= 4 is 5.84 Å². The Morgan fingerprint density at radius 1 is 1.28 bits per heavy atom. The van der Waals surface area contributed by atoms with Crippen molar-refractivity contribution in [1.29, 1.82) is 5.41 Å². The Hall–Kier alpha value is -2.43. The summed E-state index contributed by atoms with van der Waals surface area (Å²) in [5.74, 6) is 0.196. The highest BCUT2D eigenvalue weighted by molar-refractivity contribution is 5.96. The SMILES string of the molecule is CC(Oc1nnccc1C(=N)N)c1ccccc1. The van der Waals surface area contributed by atoms with Crippen LogP contribution in [-0.4, -0.2) is 16.0 Å². The molecule has 0 aliphatic rings. The molecule has 5 nitrogen and oxygen atoms in total. The number of hydrogen-bond acceptors (Lipinski definition) is 4. The highest BCUT2D eigenvalue weighted by Gasteiger charge is 2.13. The van der Waals surface area contributed by atoms with Crippen LogP contribution >= 0.6 is 0 Å². The van der Waals surface area contributed by atoms with E-state index in [0.717, 1.165) is 5.56 Å². The van der Waals surface area contributed by atoms with Crippen LogP contribution < -0.4 is 10.5 Å². The van der Waals surface area contributed by atoms with E-state index in [1.165, 1.54) is 6.20 Å². The van der Waals surface area contributed by atoms with Gasteiger partial charge in [0.05, 0.1) is 11.8 Å². The highest BCUT2D eigenvalue weighted by atomic mass is 16.5. The number of nitrogens with two attached hydrogens (primary N) is 1. The van der Waals surface area contributed by atoms with Gasteiger partial charge in [-0.25, -0.2) is 0 Å². The lowest BCUT2D eigenvalue weighted by Crippen LogP contribution is -2.15. The van der Waals surface area contributed by atoms with E-state index in [4.69, 9.17) is 15.9 Å². The van der Waals surface area contributed by atoms with Crippen molar-refractivity contribution in [1.82, 2.24) is 10.2 Å². The van der Waals surface area contributed by atoms with Crippen LogP contribution in [0.4, 0.5) is 0 Å². The summed E-state index contributed by atoms with van der Waals surface area (Å²) in [5.41, 5.74) is 6.94. The Morgan fingerprint density at radius 2 is 2.00 bits per heavy atom. The molecule has 1 aromatic heterocycles. The minimum absolute atomic E-state index is 0.0832. The Bertz CT molecular complexity index is 542. The first-order chi connectivity index (χ1) is 8.68. The molecule has 0 bridgehead atoms. The second kappa shape index (κ2) is 5.27. The van der Waals surface area contributed by atoms with E-state index in [-0.39, 0.29) is 17.8 Å². The second-order valence-corrected chi connectivity index (χ2v) is 3.83. The van der Waals surface area contributed by atoms with Crippen molar-refractivity contribution in [3.63, 3.8) is 0 Å². The Labute approximate surface area is 105 Å². The largest absolute Gasteiger partial charge is 0.468 e. The first kappa shape index (κ1) is 12.0. The summed E-state index contributed by atoms with van der Waals surface area (Å²) in [4.78, 5) is 0. The highest BCUT2D eigenvalue weighted by Crippen LogP contribution is 2.21. The van der Waals surface area contributed by atoms with Crippen LogP contribution in [0.1, 0.15) is 24.2 Å². The van der Waals surface area contributed by atoms with E-state index in [0.29, 0.717) is 5.56 Å². The number of amidine groups is 1. The lowest BCUT2D eigenvalue weighted by molar-refractivity contribution is 0.214. The topological polar surface area (TPSA) is 84.9 Å². The van der Waals surface area contributed by atoms with Crippen LogP contribution in [0.2, 0.25) is 0 Å². The molecule has 1 unspecified atom stereocenters. The maximum Gasteiger partial charge on any atom is 0.245 e. The fourth-order valence-electron chi connectivity index (χ4n) is 1.57. The molecule has 0 aliphatic heterocycles. The zero-order valence-electron chi connectivity index (χ0n) is 10.00. The van der Waals surface area contributed by atoms with E-state index in [1.807, 2.05) is 37.3 Å². The predicted molar refractivity (Wildman–Crippen MR) is 68.5 cm³/mol. The molecule has 1 heterocycles.